The lowest BCUT2D eigenvalue weighted by molar-refractivity contribution is 0.829. The average molecular weight is 231 g/mol. The molecule has 2 nitrogen and oxygen atoms in total. The number of nitrogen functional groups attached to an aromatic ring is 1. The Balaban J connectivity index is 2.32. The Labute approximate surface area is 93.4 Å². The van der Waals surface area contributed by atoms with Gasteiger partial charge in [0.15, 0.2) is 0 Å². The van der Waals surface area contributed by atoms with Crippen molar-refractivity contribution in [1.82, 2.24) is 0 Å². The lowest BCUT2D eigenvalue weighted by Gasteiger charge is -2.16. The summed E-state index contributed by atoms with van der Waals surface area (Å²) in [5.74, 6) is 0. The van der Waals surface area contributed by atoms with Gasteiger partial charge in [0.05, 0.1) is 15.7 Å². The first-order chi connectivity index (χ1) is 6.50. The highest BCUT2D eigenvalue weighted by atomic mass is 35.5. The van der Waals surface area contributed by atoms with Crippen LogP contribution in [0.4, 0.5) is 11.4 Å². The fraction of sp³-hybridized carbons (Fsp3) is 0.400. The van der Waals surface area contributed by atoms with E-state index in [1.165, 1.54) is 0 Å². The van der Waals surface area contributed by atoms with E-state index in [2.05, 4.69) is 12.2 Å². The van der Waals surface area contributed by atoms with Crippen molar-refractivity contribution in [3.05, 3.63) is 22.2 Å². The van der Waals surface area contributed by atoms with E-state index in [4.69, 9.17) is 28.9 Å². The highest BCUT2D eigenvalue weighted by Gasteiger charge is 2.37. The molecule has 0 radical (unpaired) electrons. The average Bonchev–Trinajstić information content (AvgIpc) is 2.77. The van der Waals surface area contributed by atoms with E-state index < -0.39 is 0 Å². The summed E-state index contributed by atoms with van der Waals surface area (Å²) in [6.07, 6.45) is 2.31. The molecule has 0 atom stereocenters. The van der Waals surface area contributed by atoms with Gasteiger partial charge in [-0.2, -0.15) is 0 Å². The van der Waals surface area contributed by atoms with Gasteiger partial charge in [-0.1, -0.05) is 23.2 Å². The molecule has 14 heavy (non-hydrogen) atoms. The fourth-order valence-corrected chi connectivity index (χ4v) is 1.92. The van der Waals surface area contributed by atoms with Gasteiger partial charge in [0.25, 0.3) is 0 Å². The summed E-state index contributed by atoms with van der Waals surface area (Å²) >= 11 is 12.1. The lowest BCUT2D eigenvalue weighted by atomic mass is 10.2. The summed E-state index contributed by atoms with van der Waals surface area (Å²) in [5, 5.41) is 4.51. The van der Waals surface area contributed by atoms with Crippen molar-refractivity contribution in [2.45, 2.75) is 25.3 Å². The van der Waals surface area contributed by atoms with Gasteiger partial charge in [0.1, 0.15) is 0 Å². The number of rotatable bonds is 2. The zero-order valence-electron chi connectivity index (χ0n) is 7.90. The molecule has 0 spiro atoms. The Morgan fingerprint density at radius 3 is 2.21 bits per heavy atom. The van der Waals surface area contributed by atoms with E-state index in [-0.39, 0.29) is 5.54 Å². The van der Waals surface area contributed by atoms with Crippen molar-refractivity contribution < 1.29 is 0 Å². The molecule has 1 aliphatic rings. The van der Waals surface area contributed by atoms with Crippen molar-refractivity contribution >= 4 is 34.6 Å². The molecule has 3 N–H and O–H groups in total. The van der Waals surface area contributed by atoms with E-state index in [1.54, 1.807) is 12.1 Å². The highest BCUT2D eigenvalue weighted by Crippen LogP contribution is 2.42. The van der Waals surface area contributed by atoms with Crippen LogP contribution >= 0.6 is 23.2 Å². The Kier molecular flexibility index (Phi) is 2.28. The van der Waals surface area contributed by atoms with Crippen molar-refractivity contribution in [2.24, 2.45) is 0 Å². The molecular formula is C10H12Cl2N2. The van der Waals surface area contributed by atoms with Gasteiger partial charge in [0, 0.05) is 11.2 Å². The number of halogens is 2. The van der Waals surface area contributed by atoms with Crippen LogP contribution in [0.5, 0.6) is 0 Å². The van der Waals surface area contributed by atoms with Crippen LogP contribution in [0.1, 0.15) is 19.8 Å². The Morgan fingerprint density at radius 1 is 1.29 bits per heavy atom. The third kappa shape index (κ3) is 1.91. The van der Waals surface area contributed by atoms with Crippen molar-refractivity contribution in [1.29, 1.82) is 0 Å². The Bertz CT molecular complexity index is 349. The second kappa shape index (κ2) is 3.21. The molecule has 0 saturated heterocycles. The molecule has 4 heteroatoms. The van der Waals surface area contributed by atoms with Gasteiger partial charge in [-0.15, -0.1) is 0 Å². The van der Waals surface area contributed by atoms with Crippen LogP contribution in [0.25, 0.3) is 0 Å². The third-order valence-electron chi connectivity index (χ3n) is 2.49. The Hall–Kier alpha value is -0.600. The topological polar surface area (TPSA) is 38.0 Å². The van der Waals surface area contributed by atoms with Crippen molar-refractivity contribution in [3.63, 3.8) is 0 Å². The monoisotopic (exact) mass is 230 g/mol. The molecule has 0 bridgehead atoms. The molecule has 76 valence electrons. The molecule has 0 aliphatic heterocycles. The van der Waals surface area contributed by atoms with Gasteiger partial charge in [0.2, 0.25) is 0 Å². The second-order valence-corrected chi connectivity index (χ2v) is 4.86. The predicted molar refractivity (Wildman–Crippen MR) is 62.1 cm³/mol. The quantitative estimate of drug-likeness (QED) is 0.764. The summed E-state index contributed by atoms with van der Waals surface area (Å²) in [5.41, 5.74) is 7.16. The molecule has 0 unspecified atom stereocenters. The van der Waals surface area contributed by atoms with Crippen molar-refractivity contribution in [3.8, 4) is 0 Å². The second-order valence-electron chi connectivity index (χ2n) is 4.05. The summed E-state index contributed by atoms with van der Waals surface area (Å²) in [6.45, 7) is 2.15. The molecule has 2 rings (SSSR count). The maximum atomic E-state index is 6.04. The normalized spacial score (nSPS) is 17.9. The molecule has 1 aliphatic carbocycles. The van der Waals surface area contributed by atoms with Crippen LogP contribution in [-0.2, 0) is 0 Å². The van der Waals surface area contributed by atoms with Gasteiger partial charge < -0.3 is 11.1 Å². The SMILES string of the molecule is CC1(Nc2c(Cl)cc(N)cc2Cl)CC1. The van der Waals surface area contributed by atoms with Crippen LogP contribution in [0.2, 0.25) is 10.0 Å². The standard InChI is InChI=1S/C10H12Cl2N2/c1-10(2-3-10)14-9-7(11)4-6(13)5-8(9)12/h4-5,14H,2-3,13H2,1H3. The molecule has 1 aromatic rings. The van der Waals surface area contributed by atoms with Crippen LogP contribution in [0, 0.1) is 0 Å². The molecule has 1 aromatic carbocycles. The third-order valence-corrected chi connectivity index (χ3v) is 3.09. The highest BCUT2D eigenvalue weighted by molar-refractivity contribution is 6.39. The summed E-state index contributed by atoms with van der Waals surface area (Å²) in [7, 11) is 0. The van der Waals surface area contributed by atoms with Crippen LogP contribution in [0.15, 0.2) is 12.1 Å². The summed E-state index contributed by atoms with van der Waals surface area (Å²) in [6, 6.07) is 3.42. The van der Waals surface area contributed by atoms with Crippen molar-refractivity contribution in [2.75, 3.05) is 11.1 Å². The number of anilines is 2. The summed E-state index contributed by atoms with van der Waals surface area (Å²) in [4.78, 5) is 0. The maximum Gasteiger partial charge on any atom is 0.0724 e. The first kappa shape index (κ1) is 9.94. The van der Waals surface area contributed by atoms with Gasteiger partial charge in [-0.05, 0) is 31.9 Å². The molecular weight excluding hydrogens is 219 g/mol. The number of hydrogen-bond acceptors (Lipinski definition) is 2. The molecule has 1 saturated carbocycles. The maximum absolute atomic E-state index is 6.04. The first-order valence-corrected chi connectivity index (χ1v) is 5.28. The smallest absolute Gasteiger partial charge is 0.0724 e. The minimum Gasteiger partial charge on any atom is -0.399 e. The van der Waals surface area contributed by atoms with Crippen LogP contribution < -0.4 is 11.1 Å². The zero-order chi connectivity index (χ0) is 10.3. The first-order valence-electron chi connectivity index (χ1n) is 4.53. The fourth-order valence-electron chi connectivity index (χ4n) is 1.33. The molecule has 1 fully saturated rings. The molecule has 0 heterocycles. The lowest BCUT2D eigenvalue weighted by Crippen LogP contribution is -2.16. The molecule has 0 amide bonds. The number of nitrogens with one attached hydrogen (secondary N) is 1. The Morgan fingerprint density at radius 2 is 1.79 bits per heavy atom. The van der Waals surface area contributed by atoms with E-state index in [0.717, 1.165) is 18.5 Å². The minimum atomic E-state index is 0.170. The van der Waals surface area contributed by atoms with Gasteiger partial charge >= 0.3 is 0 Å². The zero-order valence-corrected chi connectivity index (χ0v) is 9.41. The van der Waals surface area contributed by atoms with E-state index in [1.807, 2.05) is 0 Å². The van der Waals surface area contributed by atoms with Gasteiger partial charge in [-0.3, -0.25) is 0 Å². The molecule has 0 aromatic heterocycles. The van der Waals surface area contributed by atoms with Crippen LogP contribution in [-0.4, -0.2) is 5.54 Å². The number of nitrogens with two attached hydrogens (primary N) is 1. The minimum absolute atomic E-state index is 0.170. The summed E-state index contributed by atoms with van der Waals surface area (Å²) < 4.78 is 0. The van der Waals surface area contributed by atoms with E-state index in [9.17, 15) is 0 Å². The van der Waals surface area contributed by atoms with E-state index in [0.29, 0.717) is 15.7 Å². The number of benzene rings is 1. The van der Waals surface area contributed by atoms with Gasteiger partial charge in [-0.25, -0.2) is 0 Å². The predicted octanol–water partition coefficient (Wildman–Crippen LogP) is 3.54. The van der Waals surface area contributed by atoms with Crippen LogP contribution in [0.3, 0.4) is 0 Å². The largest absolute Gasteiger partial charge is 0.399 e. The van der Waals surface area contributed by atoms with E-state index >= 15 is 0 Å². The number of hydrogen-bond donors (Lipinski definition) is 2.